The molecule has 0 aromatic carbocycles. The fourth-order valence-corrected chi connectivity index (χ4v) is 1.48. The highest BCUT2D eigenvalue weighted by molar-refractivity contribution is 4.76. The molecule has 0 heterocycles. The number of hydrogen-bond donors (Lipinski definition) is 1. The Morgan fingerprint density at radius 2 is 2.00 bits per heavy atom. The van der Waals surface area contributed by atoms with Crippen molar-refractivity contribution in [2.75, 3.05) is 20.3 Å². The molecule has 14 heavy (non-hydrogen) atoms. The Labute approximate surface area is 89.4 Å². The molecule has 86 valence electrons. The second kappa shape index (κ2) is 7.24. The third-order valence-corrected chi connectivity index (χ3v) is 2.92. The van der Waals surface area contributed by atoms with Gasteiger partial charge in [0, 0.05) is 26.3 Å². The fourth-order valence-electron chi connectivity index (χ4n) is 1.48. The van der Waals surface area contributed by atoms with Gasteiger partial charge in [0.25, 0.3) is 0 Å². The van der Waals surface area contributed by atoms with Crippen LogP contribution >= 0.6 is 0 Å². The SMILES string of the molecule is CCC(C)(CCCOC)CNC(C)C. The summed E-state index contributed by atoms with van der Waals surface area (Å²) < 4.78 is 5.09. The molecule has 0 rings (SSSR count). The maximum atomic E-state index is 5.09. The van der Waals surface area contributed by atoms with E-state index in [-0.39, 0.29) is 0 Å². The van der Waals surface area contributed by atoms with Crippen LogP contribution in [0.5, 0.6) is 0 Å². The first-order valence-electron chi connectivity index (χ1n) is 5.76. The van der Waals surface area contributed by atoms with E-state index in [4.69, 9.17) is 4.74 Å². The van der Waals surface area contributed by atoms with Gasteiger partial charge in [-0.05, 0) is 24.7 Å². The highest BCUT2D eigenvalue weighted by atomic mass is 16.5. The predicted octanol–water partition coefficient (Wildman–Crippen LogP) is 2.83. The summed E-state index contributed by atoms with van der Waals surface area (Å²) in [6.45, 7) is 11.0. The first kappa shape index (κ1) is 13.9. The van der Waals surface area contributed by atoms with Crippen LogP contribution in [-0.2, 0) is 4.74 Å². The van der Waals surface area contributed by atoms with Gasteiger partial charge in [-0.3, -0.25) is 0 Å². The van der Waals surface area contributed by atoms with Crippen molar-refractivity contribution < 1.29 is 4.74 Å². The van der Waals surface area contributed by atoms with Crippen molar-refractivity contribution in [3.8, 4) is 0 Å². The van der Waals surface area contributed by atoms with Crippen molar-refractivity contribution in [3.63, 3.8) is 0 Å². The van der Waals surface area contributed by atoms with Crippen LogP contribution in [0.25, 0.3) is 0 Å². The van der Waals surface area contributed by atoms with E-state index in [1.807, 2.05) is 0 Å². The molecule has 1 atom stereocenters. The normalized spacial score (nSPS) is 15.9. The Hall–Kier alpha value is -0.0800. The molecular weight excluding hydrogens is 174 g/mol. The molecule has 0 spiro atoms. The number of ether oxygens (including phenoxy) is 1. The second-order valence-corrected chi connectivity index (χ2v) is 4.80. The number of methoxy groups -OCH3 is 1. The van der Waals surface area contributed by atoms with Gasteiger partial charge in [0.15, 0.2) is 0 Å². The molecule has 0 bridgehead atoms. The van der Waals surface area contributed by atoms with E-state index in [1.165, 1.54) is 19.3 Å². The largest absolute Gasteiger partial charge is 0.385 e. The van der Waals surface area contributed by atoms with Crippen molar-refractivity contribution in [2.24, 2.45) is 5.41 Å². The second-order valence-electron chi connectivity index (χ2n) is 4.80. The van der Waals surface area contributed by atoms with Crippen LogP contribution in [0.2, 0.25) is 0 Å². The van der Waals surface area contributed by atoms with Crippen molar-refractivity contribution in [1.29, 1.82) is 0 Å². The minimum atomic E-state index is 0.433. The molecule has 0 aliphatic rings. The lowest BCUT2D eigenvalue weighted by atomic mass is 9.82. The maximum Gasteiger partial charge on any atom is 0.0462 e. The summed E-state index contributed by atoms with van der Waals surface area (Å²) in [5, 5.41) is 3.52. The van der Waals surface area contributed by atoms with Crippen molar-refractivity contribution in [1.82, 2.24) is 5.32 Å². The number of rotatable bonds is 8. The molecule has 0 amide bonds. The maximum absolute atomic E-state index is 5.09. The van der Waals surface area contributed by atoms with Gasteiger partial charge >= 0.3 is 0 Å². The van der Waals surface area contributed by atoms with Crippen LogP contribution in [0.1, 0.15) is 47.0 Å². The Bertz CT molecular complexity index is 136. The third kappa shape index (κ3) is 6.39. The molecule has 0 aromatic rings. The minimum absolute atomic E-state index is 0.433. The Kier molecular flexibility index (Phi) is 7.20. The average molecular weight is 201 g/mol. The zero-order valence-corrected chi connectivity index (χ0v) is 10.5. The fraction of sp³-hybridized carbons (Fsp3) is 1.00. The van der Waals surface area contributed by atoms with Crippen LogP contribution < -0.4 is 5.32 Å². The van der Waals surface area contributed by atoms with Crippen LogP contribution in [0.15, 0.2) is 0 Å². The lowest BCUT2D eigenvalue weighted by Gasteiger charge is -2.29. The van der Waals surface area contributed by atoms with Crippen LogP contribution in [0.3, 0.4) is 0 Å². The monoisotopic (exact) mass is 201 g/mol. The first-order chi connectivity index (χ1) is 6.54. The molecule has 1 N–H and O–H groups in total. The first-order valence-corrected chi connectivity index (χ1v) is 5.76. The van der Waals surface area contributed by atoms with E-state index in [2.05, 4.69) is 33.0 Å². The summed E-state index contributed by atoms with van der Waals surface area (Å²) in [6.07, 6.45) is 3.65. The molecule has 1 unspecified atom stereocenters. The molecule has 0 aromatic heterocycles. The number of nitrogens with one attached hydrogen (secondary N) is 1. The Morgan fingerprint density at radius 3 is 2.43 bits per heavy atom. The summed E-state index contributed by atoms with van der Waals surface area (Å²) in [4.78, 5) is 0. The van der Waals surface area contributed by atoms with Crippen molar-refractivity contribution in [3.05, 3.63) is 0 Å². The molecule has 0 saturated heterocycles. The zero-order chi connectivity index (χ0) is 11.0. The summed E-state index contributed by atoms with van der Waals surface area (Å²) in [5.41, 5.74) is 0.433. The minimum Gasteiger partial charge on any atom is -0.385 e. The highest BCUT2D eigenvalue weighted by Gasteiger charge is 2.21. The van der Waals surface area contributed by atoms with Gasteiger partial charge in [0.1, 0.15) is 0 Å². The standard InChI is InChI=1S/C12H27NO/c1-6-12(4,8-7-9-14-5)10-13-11(2)3/h11,13H,6-10H2,1-5H3. The predicted molar refractivity (Wildman–Crippen MR) is 62.6 cm³/mol. The smallest absolute Gasteiger partial charge is 0.0462 e. The quantitative estimate of drug-likeness (QED) is 0.610. The van der Waals surface area contributed by atoms with E-state index in [1.54, 1.807) is 7.11 Å². The molecule has 0 fully saturated rings. The van der Waals surface area contributed by atoms with Crippen molar-refractivity contribution >= 4 is 0 Å². The highest BCUT2D eigenvalue weighted by Crippen LogP contribution is 2.26. The summed E-state index contributed by atoms with van der Waals surface area (Å²) >= 11 is 0. The van der Waals surface area contributed by atoms with Gasteiger partial charge < -0.3 is 10.1 Å². The molecule has 2 nitrogen and oxygen atoms in total. The van der Waals surface area contributed by atoms with Gasteiger partial charge in [-0.1, -0.05) is 27.7 Å². The average Bonchev–Trinajstić information content (AvgIpc) is 2.15. The topological polar surface area (TPSA) is 21.3 Å². The van der Waals surface area contributed by atoms with Crippen molar-refractivity contribution in [2.45, 2.75) is 53.0 Å². The molecule has 0 aliphatic heterocycles. The van der Waals surface area contributed by atoms with Gasteiger partial charge in [0.05, 0.1) is 0 Å². The van der Waals surface area contributed by atoms with Gasteiger partial charge in [-0.2, -0.15) is 0 Å². The van der Waals surface area contributed by atoms with E-state index < -0.39 is 0 Å². The summed E-state index contributed by atoms with van der Waals surface area (Å²) in [5.74, 6) is 0. The zero-order valence-electron chi connectivity index (χ0n) is 10.5. The van der Waals surface area contributed by atoms with E-state index in [0.29, 0.717) is 11.5 Å². The lowest BCUT2D eigenvalue weighted by molar-refractivity contribution is 0.166. The Balaban J connectivity index is 3.79. The Morgan fingerprint density at radius 1 is 1.36 bits per heavy atom. The van der Waals surface area contributed by atoms with E-state index in [0.717, 1.165) is 13.2 Å². The molecular formula is C12H27NO. The van der Waals surface area contributed by atoms with Gasteiger partial charge in [-0.25, -0.2) is 0 Å². The van der Waals surface area contributed by atoms with Crippen LogP contribution in [-0.4, -0.2) is 26.3 Å². The summed E-state index contributed by atoms with van der Waals surface area (Å²) in [7, 11) is 1.77. The van der Waals surface area contributed by atoms with Gasteiger partial charge in [0.2, 0.25) is 0 Å². The molecule has 0 radical (unpaired) electrons. The lowest BCUT2D eigenvalue weighted by Crippen LogP contribution is -2.35. The van der Waals surface area contributed by atoms with Crippen LogP contribution in [0.4, 0.5) is 0 Å². The van der Waals surface area contributed by atoms with Crippen LogP contribution in [0, 0.1) is 5.41 Å². The number of hydrogen-bond acceptors (Lipinski definition) is 2. The molecule has 2 heteroatoms. The van der Waals surface area contributed by atoms with E-state index >= 15 is 0 Å². The van der Waals surface area contributed by atoms with E-state index in [9.17, 15) is 0 Å². The third-order valence-electron chi connectivity index (χ3n) is 2.92. The van der Waals surface area contributed by atoms with Gasteiger partial charge in [-0.15, -0.1) is 0 Å². The summed E-state index contributed by atoms with van der Waals surface area (Å²) in [6, 6.07) is 0.586. The molecule has 0 saturated carbocycles. The molecule has 0 aliphatic carbocycles.